The predicted molar refractivity (Wildman–Crippen MR) is 67.6 cm³/mol. The number of carbonyl (C=O) groups is 5. The third-order valence-corrected chi connectivity index (χ3v) is 2.50. The first-order valence-electron chi connectivity index (χ1n) is 5.90. The molecule has 0 aromatic carbocycles. The number of hydrogen-bond acceptors (Lipinski definition) is 7. The minimum atomic E-state index is -1.96. The van der Waals surface area contributed by atoms with Crippen LogP contribution in [-0.2, 0) is 24.0 Å². The van der Waals surface area contributed by atoms with Crippen molar-refractivity contribution in [2.45, 2.75) is 6.17 Å². The zero-order valence-electron chi connectivity index (χ0n) is 11.1. The zero-order valence-corrected chi connectivity index (χ0v) is 11.1. The van der Waals surface area contributed by atoms with Crippen molar-refractivity contribution in [2.24, 2.45) is 0 Å². The van der Waals surface area contributed by atoms with Crippen molar-refractivity contribution < 1.29 is 39.3 Å². The second-order valence-corrected chi connectivity index (χ2v) is 3.92. The summed E-state index contributed by atoms with van der Waals surface area (Å²) in [7, 11) is 0. The highest BCUT2D eigenvalue weighted by atomic mass is 16.4. The maximum absolute atomic E-state index is 11.4. The normalized spacial score (nSPS) is 16.7. The molecule has 2 aliphatic rings. The average Bonchev–Trinajstić information content (AvgIpc) is 2.97. The van der Waals surface area contributed by atoms with Gasteiger partial charge in [-0.2, -0.15) is 0 Å². The van der Waals surface area contributed by atoms with E-state index in [2.05, 4.69) is 0 Å². The summed E-state index contributed by atoms with van der Waals surface area (Å²) in [6, 6.07) is 0. The van der Waals surface area contributed by atoms with E-state index in [1.807, 2.05) is 0 Å². The van der Waals surface area contributed by atoms with Crippen molar-refractivity contribution in [1.82, 2.24) is 9.80 Å². The smallest absolute Gasteiger partial charge is 0.348 e. The van der Waals surface area contributed by atoms with Crippen LogP contribution in [0.1, 0.15) is 0 Å². The summed E-state index contributed by atoms with van der Waals surface area (Å²) in [6.07, 6.45) is 1.52. The van der Waals surface area contributed by atoms with Crippen molar-refractivity contribution in [2.75, 3.05) is 13.2 Å². The molecular weight excluding hydrogens is 300 g/mol. The summed E-state index contributed by atoms with van der Waals surface area (Å²) in [6.45, 7) is -0.250. The molecule has 0 aromatic heterocycles. The summed E-state index contributed by atoms with van der Waals surface area (Å²) in [5.41, 5.74) is 0. The van der Waals surface area contributed by atoms with Crippen LogP contribution in [-0.4, -0.2) is 74.1 Å². The monoisotopic (exact) mass is 312 g/mol. The molecule has 22 heavy (non-hydrogen) atoms. The molecule has 0 saturated heterocycles. The van der Waals surface area contributed by atoms with Crippen molar-refractivity contribution >= 4 is 29.6 Å². The van der Waals surface area contributed by atoms with Gasteiger partial charge in [0.1, 0.15) is 0 Å². The van der Waals surface area contributed by atoms with Crippen LogP contribution in [0.5, 0.6) is 0 Å². The fourth-order valence-corrected chi connectivity index (χ4v) is 1.64. The number of nitrogens with zero attached hydrogens (tertiary/aromatic N) is 2. The van der Waals surface area contributed by atoms with Crippen LogP contribution in [0.3, 0.4) is 0 Å². The molecule has 0 atom stereocenters. The van der Waals surface area contributed by atoms with E-state index in [0.29, 0.717) is 9.80 Å². The van der Waals surface area contributed by atoms with Crippen LogP contribution in [0.4, 0.5) is 0 Å². The molecule has 0 unspecified atom stereocenters. The molecule has 0 saturated carbocycles. The van der Waals surface area contributed by atoms with Crippen LogP contribution >= 0.6 is 0 Å². The fraction of sp³-hybridized carbons (Fsp3) is 0.250. The first-order valence-corrected chi connectivity index (χ1v) is 5.90. The van der Waals surface area contributed by atoms with Crippen LogP contribution in [0.25, 0.3) is 0 Å². The van der Waals surface area contributed by atoms with Gasteiger partial charge in [0.05, 0.1) is 13.2 Å². The number of carbonyl (C=O) groups excluding carboxylic acids is 4. The van der Waals surface area contributed by atoms with Gasteiger partial charge in [0, 0.05) is 24.3 Å². The van der Waals surface area contributed by atoms with Crippen molar-refractivity contribution in [3.05, 3.63) is 24.3 Å². The highest BCUT2D eigenvalue weighted by Gasteiger charge is 2.45. The lowest BCUT2D eigenvalue weighted by Crippen LogP contribution is -2.57. The van der Waals surface area contributed by atoms with Crippen LogP contribution in [0, 0.1) is 0 Å². The van der Waals surface area contributed by atoms with Gasteiger partial charge in [-0.05, 0) is 0 Å². The molecular formula is C12H12N2O8. The van der Waals surface area contributed by atoms with E-state index >= 15 is 0 Å². The molecule has 3 N–H and O–H groups in total. The third-order valence-electron chi connectivity index (χ3n) is 2.50. The summed E-state index contributed by atoms with van der Waals surface area (Å²) in [4.78, 5) is 57.3. The zero-order chi connectivity index (χ0) is 16.9. The molecule has 0 spiro atoms. The van der Waals surface area contributed by atoms with E-state index in [1.54, 1.807) is 0 Å². The molecule has 10 nitrogen and oxygen atoms in total. The molecule has 118 valence electrons. The molecule has 0 aromatic rings. The Balaban J connectivity index is 0.000000541. The lowest BCUT2D eigenvalue weighted by atomic mass is 10.3. The van der Waals surface area contributed by atoms with E-state index in [4.69, 9.17) is 15.3 Å². The first kappa shape index (κ1) is 17.2. The lowest BCUT2D eigenvalue weighted by Gasteiger charge is -2.28. The Morgan fingerprint density at radius 1 is 0.818 bits per heavy atom. The van der Waals surface area contributed by atoms with Gasteiger partial charge in [0.2, 0.25) is 6.17 Å². The van der Waals surface area contributed by atoms with E-state index in [9.17, 15) is 24.0 Å². The van der Waals surface area contributed by atoms with Crippen LogP contribution in [0.15, 0.2) is 24.3 Å². The summed E-state index contributed by atoms with van der Waals surface area (Å²) >= 11 is 0. The standard InChI is InChI=1S/C10H6N2O6.C2H6O2/c13-5-1-2-6(14)11(5)9(10(17)18)12-7(15)3-4-8(12)16;3-1-2-4/h1-4,9H,(H,17,18);3-4H,1-2H2. The van der Waals surface area contributed by atoms with Crippen molar-refractivity contribution in [3.63, 3.8) is 0 Å². The Labute approximate surface area is 123 Å². The van der Waals surface area contributed by atoms with Crippen molar-refractivity contribution in [1.29, 1.82) is 0 Å². The van der Waals surface area contributed by atoms with Gasteiger partial charge < -0.3 is 15.3 Å². The second-order valence-electron chi connectivity index (χ2n) is 3.92. The molecule has 2 rings (SSSR count). The SMILES string of the molecule is O=C(O)C(N1C(=O)C=CC1=O)N1C(=O)C=CC1=O.OCCO. The fourth-order valence-electron chi connectivity index (χ4n) is 1.64. The molecule has 2 heterocycles. The Morgan fingerprint density at radius 2 is 1.09 bits per heavy atom. The van der Waals surface area contributed by atoms with Gasteiger partial charge in [-0.15, -0.1) is 0 Å². The highest BCUT2D eigenvalue weighted by Crippen LogP contribution is 2.17. The minimum absolute atomic E-state index is 0.125. The van der Waals surface area contributed by atoms with Crippen molar-refractivity contribution in [3.8, 4) is 0 Å². The summed E-state index contributed by atoms with van der Waals surface area (Å²) in [5, 5.41) is 24.3. The van der Waals surface area contributed by atoms with Gasteiger partial charge in [0.15, 0.2) is 0 Å². The largest absolute Gasteiger partial charge is 0.478 e. The molecule has 0 aliphatic carbocycles. The number of aliphatic hydroxyl groups is 2. The average molecular weight is 312 g/mol. The Hall–Kier alpha value is -2.85. The summed E-state index contributed by atoms with van der Waals surface area (Å²) < 4.78 is 0. The quantitative estimate of drug-likeness (QED) is 0.471. The number of aliphatic hydroxyl groups excluding tert-OH is 2. The first-order chi connectivity index (χ1) is 10.3. The maximum atomic E-state index is 11.4. The van der Waals surface area contributed by atoms with Gasteiger partial charge in [0.25, 0.3) is 23.6 Å². The number of carboxylic acids is 1. The van der Waals surface area contributed by atoms with Gasteiger partial charge in [-0.3, -0.25) is 19.2 Å². The lowest BCUT2D eigenvalue weighted by molar-refractivity contribution is -0.167. The van der Waals surface area contributed by atoms with Crippen LogP contribution < -0.4 is 0 Å². The van der Waals surface area contributed by atoms with E-state index in [1.165, 1.54) is 0 Å². The van der Waals surface area contributed by atoms with E-state index < -0.39 is 35.8 Å². The van der Waals surface area contributed by atoms with E-state index in [0.717, 1.165) is 24.3 Å². The minimum Gasteiger partial charge on any atom is -0.478 e. The Kier molecular flexibility index (Phi) is 5.66. The summed E-state index contributed by atoms with van der Waals surface area (Å²) in [5.74, 6) is -5.20. The number of rotatable bonds is 4. The molecule has 0 bridgehead atoms. The third kappa shape index (κ3) is 3.42. The number of imide groups is 2. The predicted octanol–water partition coefficient (Wildman–Crippen LogP) is -2.78. The second kappa shape index (κ2) is 7.24. The van der Waals surface area contributed by atoms with Crippen LogP contribution in [0.2, 0.25) is 0 Å². The number of carboxylic acid groups (broad SMARTS) is 1. The van der Waals surface area contributed by atoms with Gasteiger partial charge in [-0.25, -0.2) is 14.6 Å². The number of aliphatic carboxylic acids is 1. The molecule has 4 amide bonds. The van der Waals surface area contributed by atoms with E-state index in [-0.39, 0.29) is 13.2 Å². The topological polar surface area (TPSA) is 153 Å². The molecule has 10 heteroatoms. The Bertz CT molecular complexity index is 500. The molecule has 0 radical (unpaired) electrons. The highest BCUT2D eigenvalue weighted by molar-refractivity contribution is 6.18. The molecule has 0 fully saturated rings. The van der Waals surface area contributed by atoms with Gasteiger partial charge in [-0.1, -0.05) is 0 Å². The molecule has 2 aliphatic heterocycles. The maximum Gasteiger partial charge on any atom is 0.348 e. The Morgan fingerprint density at radius 3 is 1.27 bits per heavy atom. The van der Waals surface area contributed by atoms with Gasteiger partial charge >= 0.3 is 5.97 Å². The number of amides is 4. The number of hydrogen-bond donors (Lipinski definition) is 3.